The highest BCUT2D eigenvalue weighted by Gasteiger charge is 2.07. The molecule has 0 fully saturated rings. The van der Waals surface area contributed by atoms with Crippen molar-refractivity contribution in [3.63, 3.8) is 0 Å². The molecule has 1 aromatic carbocycles. The summed E-state index contributed by atoms with van der Waals surface area (Å²) in [6.45, 7) is 0. The Morgan fingerprint density at radius 2 is 2.00 bits per heavy atom. The molecule has 0 bridgehead atoms. The Hall–Kier alpha value is -1.60. The van der Waals surface area contributed by atoms with Crippen molar-refractivity contribution in [3.05, 3.63) is 35.4 Å². The molecule has 4 heteroatoms. The summed E-state index contributed by atoms with van der Waals surface area (Å²) in [5, 5.41) is 0. The second-order valence-electron chi connectivity index (χ2n) is 3.11. The van der Waals surface area contributed by atoms with Gasteiger partial charge >= 0.3 is 0 Å². The van der Waals surface area contributed by atoms with Crippen LogP contribution in [0.4, 0.5) is 0 Å². The summed E-state index contributed by atoms with van der Waals surface area (Å²) < 4.78 is 22.2. The fraction of sp³-hybridized carbons (Fsp3) is 0.182. The molecule has 1 aromatic rings. The van der Waals surface area contributed by atoms with Crippen molar-refractivity contribution in [2.45, 2.75) is 5.75 Å². The summed E-state index contributed by atoms with van der Waals surface area (Å²) in [5.74, 6) is 4.81. The topological polar surface area (TPSA) is 51.2 Å². The van der Waals surface area contributed by atoms with E-state index in [1.807, 2.05) is 0 Å². The Kier molecular flexibility index (Phi) is 3.64. The van der Waals surface area contributed by atoms with Gasteiger partial charge in [0.2, 0.25) is 0 Å². The molecule has 0 aliphatic heterocycles. The van der Waals surface area contributed by atoms with Crippen LogP contribution < -0.4 is 0 Å². The number of rotatable bonds is 2. The summed E-state index contributed by atoms with van der Waals surface area (Å²) in [6, 6.07) is 6.88. The molecular formula is C11H10O3S. The van der Waals surface area contributed by atoms with Crippen molar-refractivity contribution in [2.75, 3.05) is 6.26 Å². The third-order valence-corrected chi connectivity index (χ3v) is 2.54. The van der Waals surface area contributed by atoms with Crippen LogP contribution in [0.3, 0.4) is 0 Å². The first-order valence-electron chi connectivity index (χ1n) is 4.24. The van der Waals surface area contributed by atoms with Crippen LogP contribution in [0.25, 0.3) is 0 Å². The number of hydrogen-bond acceptors (Lipinski definition) is 3. The summed E-state index contributed by atoms with van der Waals surface area (Å²) in [5.41, 5.74) is 1.20. The lowest BCUT2D eigenvalue weighted by atomic mass is 10.1. The van der Waals surface area contributed by atoms with Crippen molar-refractivity contribution < 1.29 is 13.2 Å². The van der Waals surface area contributed by atoms with Gasteiger partial charge < -0.3 is 0 Å². The quantitative estimate of drug-likeness (QED) is 0.549. The van der Waals surface area contributed by atoms with E-state index in [2.05, 4.69) is 11.8 Å². The maximum atomic E-state index is 11.1. The molecule has 78 valence electrons. The van der Waals surface area contributed by atoms with Gasteiger partial charge in [-0.05, 0) is 17.6 Å². The molecule has 0 heterocycles. The lowest BCUT2D eigenvalue weighted by Gasteiger charge is -2.01. The van der Waals surface area contributed by atoms with Crippen molar-refractivity contribution in [2.24, 2.45) is 0 Å². The van der Waals surface area contributed by atoms with Crippen molar-refractivity contribution >= 4 is 16.1 Å². The standard InChI is InChI=1S/C11H10O3S/c1-15(13,14)9-11-6-3-2-5-10(11)7-4-8-12/h2-3,5-6,8H,9H2,1H3. The van der Waals surface area contributed by atoms with Crippen LogP contribution in [-0.4, -0.2) is 21.0 Å². The van der Waals surface area contributed by atoms with Gasteiger partial charge in [0.05, 0.1) is 5.75 Å². The zero-order valence-electron chi connectivity index (χ0n) is 8.23. The van der Waals surface area contributed by atoms with E-state index in [0.717, 1.165) is 6.26 Å². The lowest BCUT2D eigenvalue weighted by Crippen LogP contribution is -2.02. The van der Waals surface area contributed by atoms with Crippen molar-refractivity contribution in [1.29, 1.82) is 0 Å². The predicted octanol–water partition coefficient (Wildman–Crippen LogP) is 0.782. The zero-order valence-corrected chi connectivity index (χ0v) is 9.04. The Labute approximate surface area is 89.0 Å². The largest absolute Gasteiger partial charge is 0.289 e. The molecule has 0 saturated carbocycles. The van der Waals surface area contributed by atoms with E-state index in [1.165, 1.54) is 0 Å². The van der Waals surface area contributed by atoms with Gasteiger partial charge in [0.15, 0.2) is 16.1 Å². The first-order chi connectivity index (χ1) is 7.03. The SMILES string of the molecule is CS(=O)(=O)Cc1ccccc1C#CC=O. The molecule has 0 aromatic heterocycles. The van der Waals surface area contributed by atoms with Gasteiger partial charge in [-0.15, -0.1) is 0 Å². The van der Waals surface area contributed by atoms with Gasteiger partial charge in [0, 0.05) is 11.8 Å². The van der Waals surface area contributed by atoms with Crippen molar-refractivity contribution in [3.8, 4) is 11.8 Å². The molecule has 0 aliphatic carbocycles. The van der Waals surface area contributed by atoms with Gasteiger partial charge in [0.25, 0.3) is 0 Å². The first kappa shape index (κ1) is 11.5. The van der Waals surface area contributed by atoms with Crippen LogP contribution in [0.5, 0.6) is 0 Å². The minimum atomic E-state index is -3.08. The van der Waals surface area contributed by atoms with E-state index in [4.69, 9.17) is 0 Å². The Morgan fingerprint density at radius 3 is 2.60 bits per heavy atom. The van der Waals surface area contributed by atoms with Gasteiger partial charge in [-0.3, -0.25) is 4.79 Å². The maximum Gasteiger partial charge on any atom is 0.193 e. The molecule has 15 heavy (non-hydrogen) atoms. The molecule has 0 radical (unpaired) electrons. The third-order valence-electron chi connectivity index (χ3n) is 1.70. The van der Waals surface area contributed by atoms with Crippen LogP contribution in [0.15, 0.2) is 24.3 Å². The molecule has 0 unspecified atom stereocenters. The monoisotopic (exact) mass is 222 g/mol. The van der Waals surface area contributed by atoms with Gasteiger partial charge in [0.1, 0.15) is 0 Å². The number of sulfone groups is 1. The molecule has 0 aliphatic rings. The second kappa shape index (κ2) is 4.76. The number of carbonyl (C=O) groups is 1. The Morgan fingerprint density at radius 1 is 1.33 bits per heavy atom. The third kappa shape index (κ3) is 3.96. The van der Waals surface area contributed by atoms with Gasteiger partial charge in [-0.2, -0.15) is 0 Å². The predicted molar refractivity (Wildman–Crippen MR) is 57.9 cm³/mol. The minimum Gasteiger partial charge on any atom is -0.289 e. The first-order valence-corrected chi connectivity index (χ1v) is 6.30. The van der Waals surface area contributed by atoms with E-state index in [1.54, 1.807) is 24.3 Å². The van der Waals surface area contributed by atoms with E-state index >= 15 is 0 Å². The number of benzene rings is 1. The van der Waals surface area contributed by atoms with Gasteiger partial charge in [-0.25, -0.2) is 8.42 Å². The summed E-state index contributed by atoms with van der Waals surface area (Å²) in [4.78, 5) is 10.1. The fourth-order valence-electron chi connectivity index (χ4n) is 1.16. The van der Waals surface area contributed by atoms with E-state index < -0.39 is 9.84 Å². The van der Waals surface area contributed by atoms with Crippen LogP contribution in [-0.2, 0) is 20.4 Å². The molecule has 0 saturated heterocycles. The average molecular weight is 222 g/mol. The molecule has 3 nitrogen and oxygen atoms in total. The van der Waals surface area contributed by atoms with E-state index in [-0.39, 0.29) is 5.75 Å². The molecule has 1 rings (SSSR count). The minimum absolute atomic E-state index is 0.0588. The molecule has 0 atom stereocenters. The molecule has 0 spiro atoms. The van der Waals surface area contributed by atoms with Crippen LogP contribution >= 0.6 is 0 Å². The normalized spacial score (nSPS) is 10.2. The highest BCUT2D eigenvalue weighted by Crippen LogP contribution is 2.10. The van der Waals surface area contributed by atoms with E-state index in [9.17, 15) is 13.2 Å². The van der Waals surface area contributed by atoms with Crippen molar-refractivity contribution in [1.82, 2.24) is 0 Å². The Balaban J connectivity index is 3.12. The number of aldehydes is 1. The highest BCUT2D eigenvalue weighted by molar-refractivity contribution is 7.89. The van der Waals surface area contributed by atoms with Crippen LogP contribution in [0.1, 0.15) is 11.1 Å². The second-order valence-corrected chi connectivity index (χ2v) is 5.25. The summed E-state index contributed by atoms with van der Waals surface area (Å²) in [6.07, 6.45) is 1.65. The summed E-state index contributed by atoms with van der Waals surface area (Å²) >= 11 is 0. The molecular weight excluding hydrogens is 212 g/mol. The van der Waals surface area contributed by atoms with Crippen LogP contribution in [0.2, 0.25) is 0 Å². The Bertz CT molecular complexity index is 518. The maximum absolute atomic E-state index is 11.1. The zero-order chi connectivity index (χ0) is 11.3. The molecule has 0 N–H and O–H groups in total. The molecule has 0 amide bonds. The smallest absolute Gasteiger partial charge is 0.193 e. The van der Waals surface area contributed by atoms with Crippen LogP contribution in [0, 0.1) is 11.8 Å². The van der Waals surface area contributed by atoms with Gasteiger partial charge in [-0.1, -0.05) is 24.1 Å². The lowest BCUT2D eigenvalue weighted by molar-refractivity contribution is -0.103. The number of carbonyl (C=O) groups excluding carboxylic acids is 1. The number of hydrogen-bond donors (Lipinski definition) is 0. The summed E-state index contributed by atoms with van der Waals surface area (Å²) in [7, 11) is -3.08. The van der Waals surface area contributed by atoms with E-state index in [0.29, 0.717) is 17.4 Å². The average Bonchev–Trinajstić information content (AvgIpc) is 2.14. The fourth-order valence-corrected chi connectivity index (χ4v) is 1.97. The highest BCUT2D eigenvalue weighted by atomic mass is 32.2.